The zero-order valence-electron chi connectivity index (χ0n) is 51.4. The topological polar surface area (TPSA) is 113 Å². The van der Waals surface area contributed by atoms with Crippen LogP contribution in [0.5, 0.6) is 28.7 Å². The SMILES string of the molecule is CCC(CC(C)c1ccccc1)c1ccc(COc2ccc(-c3ccc4c(c3)C(=O)c3c(O[C@H](c5ccnc6ccc(OC)cc56)C5CC6CCN5C6CC)ccc(O[C@H](c5ccnc6ccc(OC)cc56)C5CC6CCN5C6CC)c3C4=O)cc2)cc1. The van der Waals surface area contributed by atoms with Crippen LogP contribution in [0.4, 0.5) is 0 Å². The zero-order valence-corrected chi connectivity index (χ0v) is 51.4. The number of carbonyl (C=O) groups excluding carboxylic acids is 2. The number of ketones is 2. The molecule has 11 nitrogen and oxygen atoms in total. The van der Waals surface area contributed by atoms with Crippen molar-refractivity contribution < 1.29 is 33.3 Å². The van der Waals surface area contributed by atoms with E-state index >= 15 is 9.59 Å². The second kappa shape index (κ2) is 24.3. The van der Waals surface area contributed by atoms with E-state index in [1.54, 1.807) is 14.2 Å². The standard InChI is InChI=1S/C77H78N4O7/c1-7-48(39-46(4)49-13-11-10-12-14-49)50-17-15-47(16-18-50)45-86-55-22-19-51(20-23-55)52-21-26-58-63(40-52)75(83)73-71(88-77(69-42-54-34-38-81(69)67(54)9-3)60-32-36-79-65-28-25-57(85-6)44-62(60)65)30-29-70(72(73)74(58)82)87-76(68-41-53-33-37-80(68)66(53)8-2)59-31-35-78-64-27-24-56(84-5)43-61(59)64/h10-32,35-36,40,43-44,46,48,53-54,66-69,76-77H,7-9,33-34,37-39,41-42,45H2,1-6H3/t46?,48?,53?,54?,66?,67?,68?,69?,76-,77-/m1/s1. The molecule has 4 aliphatic heterocycles. The van der Waals surface area contributed by atoms with Crippen molar-refractivity contribution in [1.82, 2.24) is 19.8 Å². The number of methoxy groups -OCH3 is 2. The third-order valence-electron chi connectivity index (χ3n) is 20.7. The smallest absolute Gasteiger partial charge is 0.198 e. The number of nitrogens with zero attached hydrogens (tertiary/aromatic N) is 4. The van der Waals surface area contributed by atoms with Crippen molar-refractivity contribution in [3.63, 3.8) is 0 Å². The van der Waals surface area contributed by atoms with Crippen LogP contribution in [0.3, 0.4) is 0 Å². The molecule has 4 fully saturated rings. The average Bonchev–Trinajstić information content (AvgIpc) is 1.26. The second-order valence-corrected chi connectivity index (χ2v) is 25.2. The Morgan fingerprint density at radius 2 is 1.08 bits per heavy atom. The Bertz CT molecular complexity index is 4060. The van der Waals surface area contributed by atoms with Crippen LogP contribution in [-0.4, -0.2) is 82.8 Å². The van der Waals surface area contributed by atoms with Crippen molar-refractivity contribution in [2.24, 2.45) is 11.8 Å². The van der Waals surface area contributed by atoms with Crippen LogP contribution < -0.4 is 23.7 Å². The summed E-state index contributed by atoms with van der Waals surface area (Å²) in [6.45, 7) is 11.5. The first-order valence-electron chi connectivity index (χ1n) is 32.1. The molecule has 7 aromatic carbocycles. The summed E-state index contributed by atoms with van der Waals surface area (Å²) in [5.74, 6) is 4.27. The lowest BCUT2D eigenvalue weighted by Gasteiger charge is -2.36. The summed E-state index contributed by atoms with van der Waals surface area (Å²) >= 11 is 0. The van der Waals surface area contributed by atoms with Crippen LogP contribution in [0.25, 0.3) is 32.9 Å². The molecule has 4 bridgehead atoms. The number of ether oxygens (including phenoxy) is 5. The molecule has 14 rings (SSSR count). The lowest BCUT2D eigenvalue weighted by atomic mass is 9.81. The number of hydrogen-bond acceptors (Lipinski definition) is 11. The summed E-state index contributed by atoms with van der Waals surface area (Å²) in [6, 6.07) is 53.9. The molecule has 5 aliphatic rings. The molecule has 6 heterocycles. The van der Waals surface area contributed by atoms with Crippen LogP contribution in [0.15, 0.2) is 170 Å². The molecule has 2 aromatic heterocycles. The molecular weight excluding hydrogens is 1090 g/mol. The van der Waals surface area contributed by atoms with Gasteiger partial charge in [0, 0.05) is 57.5 Å². The lowest BCUT2D eigenvalue weighted by Crippen LogP contribution is -2.40. The van der Waals surface area contributed by atoms with Gasteiger partial charge in [0.2, 0.25) is 0 Å². The summed E-state index contributed by atoms with van der Waals surface area (Å²) in [7, 11) is 3.35. The van der Waals surface area contributed by atoms with Gasteiger partial charge < -0.3 is 23.7 Å². The highest BCUT2D eigenvalue weighted by molar-refractivity contribution is 6.30. The highest BCUT2D eigenvalue weighted by Crippen LogP contribution is 2.52. The molecule has 0 amide bonds. The quantitative estimate of drug-likeness (QED) is 0.0685. The van der Waals surface area contributed by atoms with Crippen molar-refractivity contribution in [2.45, 2.75) is 134 Å². The average molecular weight is 1170 g/mol. The van der Waals surface area contributed by atoms with E-state index in [0.717, 1.165) is 126 Å². The molecule has 0 saturated carbocycles. The Labute approximate surface area is 517 Å². The van der Waals surface area contributed by atoms with Crippen molar-refractivity contribution in [3.8, 4) is 39.9 Å². The van der Waals surface area contributed by atoms with Crippen LogP contribution >= 0.6 is 0 Å². The highest BCUT2D eigenvalue weighted by atomic mass is 16.5. The predicted octanol–water partition coefficient (Wildman–Crippen LogP) is 16.5. The van der Waals surface area contributed by atoms with E-state index in [-0.39, 0.29) is 34.8 Å². The van der Waals surface area contributed by atoms with Gasteiger partial charge in [-0.2, -0.15) is 0 Å². The largest absolute Gasteiger partial charge is 0.497 e. The minimum absolute atomic E-state index is 0.00219. The summed E-state index contributed by atoms with van der Waals surface area (Å²) in [4.78, 5) is 46.8. The van der Waals surface area contributed by atoms with E-state index in [2.05, 4.69) is 104 Å². The number of fused-ring (bicyclic) bond motifs is 8. The van der Waals surface area contributed by atoms with Crippen molar-refractivity contribution >= 4 is 33.4 Å². The molecule has 9 aromatic rings. The van der Waals surface area contributed by atoms with E-state index < -0.39 is 12.2 Å². The molecule has 0 spiro atoms. The Morgan fingerprint density at radius 1 is 0.545 bits per heavy atom. The number of hydrogen-bond donors (Lipinski definition) is 0. The molecule has 11 heteroatoms. The number of rotatable bonds is 21. The third-order valence-corrected chi connectivity index (χ3v) is 20.7. The van der Waals surface area contributed by atoms with Gasteiger partial charge >= 0.3 is 0 Å². The number of pyridine rings is 2. The van der Waals surface area contributed by atoms with E-state index in [9.17, 15) is 0 Å². The summed E-state index contributed by atoms with van der Waals surface area (Å²) < 4.78 is 33.1. The number of aromatic nitrogens is 2. The predicted molar refractivity (Wildman–Crippen MR) is 346 cm³/mol. The molecule has 88 heavy (non-hydrogen) atoms. The van der Waals surface area contributed by atoms with Gasteiger partial charge in [0.25, 0.3) is 0 Å². The van der Waals surface area contributed by atoms with E-state index in [0.29, 0.717) is 70.7 Å². The van der Waals surface area contributed by atoms with Crippen LogP contribution in [0, 0.1) is 11.8 Å². The Hall–Kier alpha value is -8.38. The van der Waals surface area contributed by atoms with Gasteiger partial charge in [-0.25, -0.2) is 0 Å². The van der Waals surface area contributed by atoms with Crippen molar-refractivity contribution in [3.05, 3.63) is 220 Å². The van der Waals surface area contributed by atoms with E-state index in [1.165, 1.54) is 11.1 Å². The number of carbonyl (C=O) groups is 2. The Morgan fingerprint density at radius 3 is 1.60 bits per heavy atom. The molecule has 12 atom stereocenters. The summed E-state index contributed by atoms with van der Waals surface area (Å²) in [5, 5.41) is 1.84. The first-order chi connectivity index (χ1) is 43.1. The summed E-state index contributed by atoms with van der Waals surface area (Å²) in [6.07, 6.45) is 11.0. The molecule has 4 saturated heterocycles. The molecule has 1 aliphatic carbocycles. The van der Waals surface area contributed by atoms with Gasteiger partial charge in [-0.05, 0) is 201 Å². The monoisotopic (exact) mass is 1170 g/mol. The lowest BCUT2D eigenvalue weighted by molar-refractivity contribution is 0.0718. The fourth-order valence-corrected chi connectivity index (χ4v) is 16.2. The van der Waals surface area contributed by atoms with Gasteiger partial charge in [-0.1, -0.05) is 100 Å². The van der Waals surface area contributed by atoms with Gasteiger partial charge in [-0.15, -0.1) is 0 Å². The molecular formula is C77H78N4O7. The molecule has 0 N–H and O–H groups in total. The maximum Gasteiger partial charge on any atom is 0.198 e. The first-order valence-corrected chi connectivity index (χ1v) is 32.1. The molecule has 0 radical (unpaired) electrons. The van der Waals surface area contributed by atoms with Crippen LogP contribution in [0.1, 0.15) is 163 Å². The molecule has 448 valence electrons. The van der Waals surface area contributed by atoms with Gasteiger partial charge in [0.15, 0.2) is 11.6 Å². The highest BCUT2D eigenvalue weighted by Gasteiger charge is 2.51. The Kier molecular flexibility index (Phi) is 15.8. The fraction of sp³-hybridized carbons (Fsp3) is 0.351. The zero-order chi connectivity index (χ0) is 60.2. The molecule has 10 unspecified atom stereocenters. The maximum atomic E-state index is 16.1. The summed E-state index contributed by atoms with van der Waals surface area (Å²) in [5.41, 5.74) is 10.1. The van der Waals surface area contributed by atoms with Gasteiger partial charge in [0.1, 0.15) is 47.6 Å². The van der Waals surface area contributed by atoms with E-state index in [1.807, 2.05) is 103 Å². The number of benzene rings is 7. The van der Waals surface area contributed by atoms with Gasteiger partial charge in [0.05, 0.1) is 48.5 Å². The second-order valence-electron chi connectivity index (χ2n) is 25.2. The van der Waals surface area contributed by atoms with E-state index in [4.69, 9.17) is 33.7 Å². The first kappa shape index (κ1) is 57.4. The van der Waals surface area contributed by atoms with Crippen LogP contribution in [0.2, 0.25) is 0 Å². The normalized spacial score (nSPS) is 22.9. The van der Waals surface area contributed by atoms with Crippen molar-refractivity contribution in [1.29, 1.82) is 0 Å². The fourth-order valence-electron chi connectivity index (χ4n) is 16.2. The minimum Gasteiger partial charge on any atom is -0.497 e. The van der Waals surface area contributed by atoms with Crippen LogP contribution in [-0.2, 0) is 6.61 Å². The third kappa shape index (κ3) is 10.5. The van der Waals surface area contributed by atoms with Crippen molar-refractivity contribution in [2.75, 3.05) is 27.3 Å². The number of piperidine rings is 2. The maximum absolute atomic E-state index is 16.1. The Balaban J connectivity index is 0.820. The van der Waals surface area contributed by atoms with Gasteiger partial charge in [-0.3, -0.25) is 29.4 Å². The minimum atomic E-state index is -0.533.